The molecular formula is C27H24N4O5. The number of allylic oxidation sites excluding steroid dienone is 2. The van der Waals surface area contributed by atoms with Crippen molar-refractivity contribution in [2.24, 2.45) is 0 Å². The van der Waals surface area contributed by atoms with Gasteiger partial charge in [0.2, 0.25) is 23.4 Å². The van der Waals surface area contributed by atoms with Crippen molar-refractivity contribution in [2.75, 3.05) is 0 Å². The van der Waals surface area contributed by atoms with E-state index in [9.17, 15) is 4.79 Å². The predicted octanol–water partition coefficient (Wildman–Crippen LogP) is 5.06. The average molecular weight is 485 g/mol. The number of rotatable bonds is 8. The zero-order valence-electron chi connectivity index (χ0n) is 19.9. The third kappa shape index (κ3) is 5.75. The van der Waals surface area contributed by atoms with Gasteiger partial charge in [-0.25, -0.2) is 0 Å². The van der Waals surface area contributed by atoms with Gasteiger partial charge in [-0.05, 0) is 60.4 Å². The summed E-state index contributed by atoms with van der Waals surface area (Å²) in [6.45, 7) is 3.93. The zero-order valence-corrected chi connectivity index (χ0v) is 19.9. The minimum atomic E-state index is 0.0793. The van der Waals surface area contributed by atoms with Crippen LogP contribution in [0.15, 0.2) is 68.7 Å². The van der Waals surface area contributed by atoms with Crippen LogP contribution in [0.25, 0.3) is 12.2 Å². The van der Waals surface area contributed by atoms with Crippen LogP contribution in [0.2, 0.25) is 0 Å². The summed E-state index contributed by atoms with van der Waals surface area (Å²) in [6, 6.07) is 15.1. The van der Waals surface area contributed by atoms with Crippen LogP contribution in [0.3, 0.4) is 0 Å². The normalized spacial score (nSPS) is 15.7. The van der Waals surface area contributed by atoms with Crippen molar-refractivity contribution in [3.63, 3.8) is 0 Å². The molecule has 1 saturated carbocycles. The quantitative estimate of drug-likeness (QED) is 0.317. The maximum absolute atomic E-state index is 12.9. The fourth-order valence-electron chi connectivity index (χ4n) is 3.80. The highest BCUT2D eigenvalue weighted by Crippen LogP contribution is 2.30. The second-order valence-electron chi connectivity index (χ2n) is 8.34. The molecule has 182 valence electrons. The molecule has 0 saturated heterocycles. The molecule has 1 aliphatic rings. The molecule has 1 aliphatic carbocycles. The first-order chi connectivity index (χ1) is 17.5. The second-order valence-corrected chi connectivity index (χ2v) is 8.34. The van der Waals surface area contributed by atoms with Gasteiger partial charge in [-0.15, -0.1) is 0 Å². The van der Waals surface area contributed by atoms with Crippen LogP contribution in [0, 0.1) is 13.8 Å². The highest BCUT2D eigenvalue weighted by molar-refractivity contribution is 6.15. The highest BCUT2D eigenvalue weighted by atomic mass is 16.5. The molecule has 0 spiro atoms. The molecule has 9 nitrogen and oxygen atoms in total. The van der Waals surface area contributed by atoms with Crippen LogP contribution >= 0.6 is 0 Å². The first-order valence-corrected chi connectivity index (χ1v) is 11.5. The molecule has 4 aromatic rings. The Balaban J connectivity index is 1.17. The number of hydrogen-bond donors (Lipinski definition) is 0. The SMILES string of the molecule is Cc1nc(COc2ccc(C=C3CCC(=Cc4ccc(OCc5noc(C)n5)cc4)C3=O)cc2)no1. The molecule has 9 heteroatoms. The van der Waals surface area contributed by atoms with E-state index >= 15 is 0 Å². The van der Waals surface area contributed by atoms with E-state index < -0.39 is 0 Å². The van der Waals surface area contributed by atoms with Gasteiger partial charge in [-0.2, -0.15) is 9.97 Å². The molecule has 36 heavy (non-hydrogen) atoms. The minimum absolute atomic E-state index is 0.0793. The number of aromatic nitrogens is 4. The number of ether oxygens (including phenoxy) is 2. The van der Waals surface area contributed by atoms with E-state index in [4.69, 9.17) is 18.5 Å². The lowest BCUT2D eigenvalue weighted by Gasteiger charge is -2.04. The van der Waals surface area contributed by atoms with Crippen LogP contribution in [-0.4, -0.2) is 26.1 Å². The molecule has 0 amide bonds. The number of nitrogens with zero attached hydrogens (tertiary/aromatic N) is 4. The van der Waals surface area contributed by atoms with Crippen LogP contribution in [0.4, 0.5) is 0 Å². The number of carbonyl (C=O) groups excluding carboxylic acids is 1. The van der Waals surface area contributed by atoms with E-state index in [1.807, 2.05) is 60.7 Å². The Kier molecular flexibility index (Phi) is 6.70. The van der Waals surface area contributed by atoms with Gasteiger partial charge in [0.1, 0.15) is 11.5 Å². The van der Waals surface area contributed by atoms with E-state index in [2.05, 4.69) is 20.3 Å². The number of benzene rings is 2. The zero-order chi connectivity index (χ0) is 24.9. The van der Waals surface area contributed by atoms with Crippen LogP contribution in [-0.2, 0) is 18.0 Å². The molecule has 1 fully saturated rings. The second kappa shape index (κ2) is 10.4. The fraction of sp³-hybridized carbons (Fsp3) is 0.222. The summed E-state index contributed by atoms with van der Waals surface area (Å²) in [5, 5.41) is 7.62. The molecule has 0 N–H and O–H groups in total. The summed E-state index contributed by atoms with van der Waals surface area (Å²) in [7, 11) is 0. The first kappa shape index (κ1) is 23.2. The summed E-state index contributed by atoms with van der Waals surface area (Å²) < 4.78 is 21.2. The lowest BCUT2D eigenvalue weighted by Crippen LogP contribution is -1.98. The van der Waals surface area contributed by atoms with Gasteiger partial charge in [0.25, 0.3) is 0 Å². The lowest BCUT2D eigenvalue weighted by atomic mass is 10.1. The molecule has 0 atom stereocenters. The molecule has 2 heterocycles. The number of ketones is 1. The Hall–Kier alpha value is -4.53. The van der Waals surface area contributed by atoms with Crippen molar-refractivity contribution in [3.05, 3.63) is 94.2 Å². The molecule has 0 bridgehead atoms. The van der Waals surface area contributed by atoms with E-state index in [0.717, 1.165) is 22.3 Å². The fourth-order valence-corrected chi connectivity index (χ4v) is 3.80. The molecule has 2 aromatic heterocycles. The van der Waals surface area contributed by atoms with Gasteiger partial charge < -0.3 is 18.5 Å². The van der Waals surface area contributed by atoms with Gasteiger partial charge in [-0.3, -0.25) is 4.79 Å². The molecule has 0 radical (unpaired) electrons. The number of aryl methyl sites for hydroxylation is 2. The number of carbonyl (C=O) groups is 1. The maximum Gasteiger partial charge on any atom is 0.223 e. The Bertz CT molecular complexity index is 1310. The standard InChI is InChI=1S/C27H24N4O5/c1-17-28-25(30-35-17)15-33-23-9-3-19(4-10-23)13-21-7-8-22(27(21)32)14-20-5-11-24(12-6-20)34-16-26-29-18(2)36-31-26/h3-6,9-14H,7-8,15-16H2,1-2H3. The van der Waals surface area contributed by atoms with E-state index in [1.165, 1.54) is 0 Å². The van der Waals surface area contributed by atoms with E-state index in [-0.39, 0.29) is 19.0 Å². The summed E-state index contributed by atoms with van der Waals surface area (Å²) in [4.78, 5) is 21.2. The molecule has 0 aliphatic heterocycles. The van der Waals surface area contributed by atoms with Crippen molar-refractivity contribution in [3.8, 4) is 11.5 Å². The van der Waals surface area contributed by atoms with Crippen molar-refractivity contribution >= 4 is 17.9 Å². The van der Waals surface area contributed by atoms with Gasteiger partial charge in [0, 0.05) is 25.0 Å². The van der Waals surface area contributed by atoms with Gasteiger partial charge in [0.05, 0.1) is 0 Å². The van der Waals surface area contributed by atoms with Gasteiger partial charge in [-0.1, -0.05) is 34.6 Å². The Morgan fingerprint density at radius 1 is 0.722 bits per heavy atom. The lowest BCUT2D eigenvalue weighted by molar-refractivity contribution is -0.111. The molecular weight excluding hydrogens is 460 g/mol. The topological polar surface area (TPSA) is 113 Å². The van der Waals surface area contributed by atoms with Crippen LogP contribution in [0.1, 0.15) is 47.4 Å². The highest BCUT2D eigenvalue weighted by Gasteiger charge is 2.23. The Morgan fingerprint density at radius 2 is 1.14 bits per heavy atom. The first-order valence-electron chi connectivity index (χ1n) is 11.5. The Morgan fingerprint density at radius 3 is 1.50 bits per heavy atom. The summed E-state index contributed by atoms with van der Waals surface area (Å²) in [6.07, 6.45) is 5.30. The Labute approximate surface area is 207 Å². The van der Waals surface area contributed by atoms with Crippen molar-refractivity contribution in [2.45, 2.75) is 39.9 Å². The molecule has 5 rings (SSSR count). The average Bonchev–Trinajstić information content (AvgIpc) is 3.59. The maximum atomic E-state index is 12.9. The smallest absolute Gasteiger partial charge is 0.223 e. The van der Waals surface area contributed by atoms with Crippen molar-refractivity contribution in [1.82, 2.24) is 20.3 Å². The minimum Gasteiger partial charge on any atom is -0.485 e. The summed E-state index contributed by atoms with van der Waals surface area (Å²) in [5.74, 6) is 3.46. The largest absolute Gasteiger partial charge is 0.485 e. The molecule has 0 unspecified atom stereocenters. The summed E-state index contributed by atoms with van der Waals surface area (Å²) in [5.41, 5.74) is 3.49. The van der Waals surface area contributed by atoms with Crippen LogP contribution in [0.5, 0.6) is 11.5 Å². The van der Waals surface area contributed by atoms with E-state index in [1.54, 1.807) is 13.8 Å². The van der Waals surface area contributed by atoms with Gasteiger partial charge in [0.15, 0.2) is 19.0 Å². The van der Waals surface area contributed by atoms with Crippen LogP contribution < -0.4 is 9.47 Å². The predicted molar refractivity (Wildman–Crippen MR) is 130 cm³/mol. The van der Waals surface area contributed by atoms with Gasteiger partial charge >= 0.3 is 0 Å². The van der Waals surface area contributed by atoms with E-state index in [0.29, 0.717) is 47.8 Å². The summed E-state index contributed by atoms with van der Waals surface area (Å²) >= 11 is 0. The number of Topliss-reactive ketones (excluding diaryl/α,β-unsaturated/α-hetero) is 1. The van der Waals surface area contributed by atoms with Crippen molar-refractivity contribution < 1.29 is 23.3 Å². The monoisotopic (exact) mass is 484 g/mol. The van der Waals surface area contributed by atoms with Crippen molar-refractivity contribution in [1.29, 1.82) is 0 Å². The molecule has 2 aromatic carbocycles. The third-order valence-corrected chi connectivity index (χ3v) is 5.56. The third-order valence-electron chi connectivity index (χ3n) is 5.56. The number of hydrogen-bond acceptors (Lipinski definition) is 9.